The lowest BCUT2D eigenvalue weighted by molar-refractivity contribution is 0.104. The van der Waals surface area contributed by atoms with Crippen LogP contribution in [0.3, 0.4) is 0 Å². The highest BCUT2D eigenvalue weighted by Gasteiger charge is 2.11. The van der Waals surface area contributed by atoms with Gasteiger partial charge in [-0.1, -0.05) is 54.4 Å². The van der Waals surface area contributed by atoms with Crippen molar-refractivity contribution < 1.29 is 9.84 Å². The minimum absolute atomic E-state index is 0.157. The smallest absolute Gasteiger partial charge is 0.138 e. The fraction of sp³-hybridized carbons (Fsp3) is 0.368. The van der Waals surface area contributed by atoms with Crippen molar-refractivity contribution in [3.63, 3.8) is 0 Å². The van der Waals surface area contributed by atoms with Gasteiger partial charge in [-0.05, 0) is 42.7 Å². The molecule has 0 aromatic heterocycles. The van der Waals surface area contributed by atoms with Crippen molar-refractivity contribution in [2.75, 3.05) is 13.2 Å². The third-order valence-electron chi connectivity index (χ3n) is 3.87. The fourth-order valence-electron chi connectivity index (χ4n) is 2.31. The zero-order valence-corrected chi connectivity index (χ0v) is 15.4. The number of hydrogen-bond donors (Lipinski definition) is 2. The molecule has 2 aromatic carbocycles. The van der Waals surface area contributed by atoms with E-state index in [-0.39, 0.29) is 12.6 Å². The maximum Gasteiger partial charge on any atom is 0.138 e. The molecule has 0 heterocycles. The molecular weight excluding hydrogens is 345 g/mol. The Balaban J connectivity index is 1.78. The van der Waals surface area contributed by atoms with Gasteiger partial charge in [-0.25, -0.2) is 0 Å². The molecule has 0 aliphatic carbocycles. The second-order valence-electron chi connectivity index (χ2n) is 5.76. The second-order valence-corrected chi connectivity index (χ2v) is 6.61. The Hall–Kier alpha value is -1.26. The van der Waals surface area contributed by atoms with E-state index in [1.165, 1.54) is 11.1 Å². The maximum atomic E-state index is 10.1. The van der Waals surface area contributed by atoms with Crippen molar-refractivity contribution in [3.05, 3.63) is 63.6 Å². The van der Waals surface area contributed by atoms with Gasteiger partial charge in [-0.3, -0.25) is 0 Å². The van der Waals surface area contributed by atoms with E-state index in [0.29, 0.717) is 22.3 Å². The van der Waals surface area contributed by atoms with Gasteiger partial charge >= 0.3 is 0 Å². The summed E-state index contributed by atoms with van der Waals surface area (Å²) in [5.41, 5.74) is 2.51. The normalized spacial score (nSPS) is 13.5. The third kappa shape index (κ3) is 5.67. The highest BCUT2D eigenvalue weighted by Crippen LogP contribution is 2.27. The first-order valence-electron chi connectivity index (χ1n) is 8.07. The van der Waals surface area contributed by atoms with Crippen molar-refractivity contribution in [2.24, 2.45) is 0 Å². The lowest BCUT2D eigenvalue weighted by atomic mass is 10.0. The van der Waals surface area contributed by atoms with Gasteiger partial charge in [0.15, 0.2) is 0 Å². The van der Waals surface area contributed by atoms with E-state index in [4.69, 9.17) is 27.9 Å². The molecule has 0 radical (unpaired) electrons. The van der Waals surface area contributed by atoms with Crippen LogP contribution in [0.25, 0.3) is 0 Å². The molecule has 5 heteroatoms. The summed E-state index contributed by atoms with van der Waals surface area (Å²) in [5, 5.41) is 14.4. The van der Waals surface area contributed by atoms with Crippen LogP contribution in [0, 0.1) is 0 Å². The highest BCUT2D eigenvalue weighted by molar-refractivity contribution is 6.35. The van der Waals surface area contributed by atoms with Crippen LogP contribution in [0.4, 0.5) is 0 Å². The molecule has 2 rings (SSSR count). The number of nitrogens with one attached hydrogen (secondary N) is 1. The summed E-state index contributed by atoms with van der Waals surface area (Å²) in [4.78, 5) is 0. The Labute approximate surface area is 153 Å². The quantitative estimate of drug-likeness (QED) is 0.713. The summed E-state index contributed by atoms with van der Waals surface area (Å²) in [6, 6.07) is 13.7. The minimum Gasteiger partial charge on any atom is -0.489 e. The average molecular weight is 368 g/mol. The third-order valence-corrected chi connectivity index (χ3v) is 4.40. The number of aliphatic hydroxyl groups is 1. The van der Waals surface area contributed by atoms with Crippen molar-refractivity contribution in [3.8, 4) is 5.75 Å². The van der Waals surface area contributed by atoms with Crippen molar-refractivity contribution in [2.45, 2.75) is 32.4 Å². The van der Waals surface area contributed by atoms with E-state index < -0.39 is 6.10 Å². The largest absolute Gasteiger partial charge is 0.489 e. The molecule has 2 aromatic rings. The molecule has 0 aliphatic rings. The Morgan fingerprint density at radius 3 is 2.46 bits per heavy atom. The molecule has 24 heavy (non-hydrogen) atoms. The summed E-state index contributed by atoms with van der Waals surface area (Å²) in [5.74, 6) is 0.517. The molecule has 2 N–H and O–H groups in total. The summed E-state index contributed by atoms with van der Waals surface area (Å²) < 4.78 is 5.54. The molecule has 0 bridgehead atoms. The van der Waals surface area contributed by atoms with Gasteiger partial charge in [-0.2, -0.15) is 0 Å². The van der Waals surface area contributed by atoms with Crippen molar-refractivity contribution >= 4 is 23.2 Å². The molecular formula is C19H23Cl2NO2. The van der Waals surface area contributed by atoms with E-state index in [0.717, 1.165) is 6.42 Å². The minimum atomic E-state index is -0.630. The molecule has 0 saturated carbocycles. The van der Waals surface area contributed by atoms with Gasteiger partial charge < -0.3 is 15.2 Å². The van der Waals surface area contributed by atoms with Gasteiger partial charge in [-0.15, -0.1) is 0 Å². The standard InChI is InChI=1S/C19H23Cl2NO2/c1-3-14-4-6-15(7-5-14)13(2)22-11-17(23)12-24-19-9-8-16(20)10-18(19)21/h4-10,13,17,22-23H,3,11-12H2,1-2H3. The van der Waals surface area contributed by atoms with Crippen LogP contribution in [-0.2, 0) is 6.42 Å². The SMILES string of the molecule is CCc1ccc(C(C)NCC(O)COc2ccc(Cl)cc2Cl)cc1. The number of benzene rings is 2. The van der Waals surface area contributed by atoms with Crippen LogP contribution in [0.15, 0.2) is 42.5 Å². The second kappa shape index (κ2) is 9.28. The van der Waals surface area contributed by atoms with Crippen LogP contribution in [0.5, 0.6) is 5.75 Å². The van der Waals surface area contributed by atoms with Gasteiger partial charge in [0, 0.05) is 17.6 Å². The van der Waals surface area contributed by atoms with Crippen LogP contribution >= 0.6 is 23.2 Å². The molecule has 2 atom stereocenters. The Bertz CT molecular complexity index is 646. The van der Waals surface area contributed by atoms with E-state index in [9.17, 15) is 5.11 Å². The summed E-state index contributed by atoms with van der Waals surface area (Å²) in [7, 11) is 0. The molecule has 3 nitrogen and oxygen atoms in total. The molecule has 0 spiro atoms. The first-order chi connectivity index (χ1) is 11.5. The van der Waals surface area contributed by atoms with E-state index in [2.05, 4.69) is 43.4 Å². The van der Waals surface area contributed by atoms with Crippen LogP contribution in [0.2, 0.25) is 10.0 Å². The number of halogens is 2. The maximum absolute atomic E-state index is 10.1. The number of aliphatic hydroxyl groups excluding tert-OH is 1. The summed E-state index contributed by atoms with van der Waals surface area (Å²) in [6.07, 6.45) is 0.403. The lowest BCUT2D eigenvalue weighted by Crippen LogP contribution is -2.33. The number of rotatable bonds is 8. The van der Waals surface area contributed by atoms with E-state index >= 15 is 0 Å². The fourth-order valence-corrected chi connectivity index (χ4v) is 2.77. The van der Waals surface area contributed by atoms with Gasteiger partial charge in [0.25, 0.3) is 0 Å². The predicted octanol–water partition coefficient (Wildman–Crippen LogP) is 4.65. The molecule has 0 fully saturated rings. The van der Waals surface area contributed by atoms with E-state index in [1.807, 2.05) is 0 Å². The summed E-state index contributed by atoms with van der Waals surface area (Å²) in [6.45, 7) is 4.81. The molecule has 2 unspecified atom stereocenters. The monoisotopic (exact) mass is 367 g/mol. The number of hydrogen-bond acceptors (Lipinski definition) is 3. The molecule has 130 valence electrons. The Morgan fingerprint density at radius 1 is 1.12 bits per heavy atom. The topological polar surface area (TPSA) is 41.5 Å². The lowest BCUT2D eigenvalue weighted by Gasteiger charge is -2.18. The predicted molar refractivity (Wildman–Crippen MR) is 100 cm³/mol. The molecule has 0 saturated heterocycles. The zero-order valence-electron chi connectivity index (χ0n) is 13.9. The Morgan fingerprint density at radius 2 is 1.83 bits per heavy atom. The summed E-state index contributed by atoms with van der Waals surface area (Å²) >= 11 is 11.9. The average Bonchev–Trinajstić information content (AvgIpc) is 2.59. The number of ether oxygens (including phenoxy) is 1. The first-order valence-corrected chi connectivity index (χ1v) is 8.83. The molecule has 0 aliphatic heterocycles. The number of aryl methyl sites for hydroxylation is 1. The molecule has 0 amide bonds. The van der Waals surface area contributed by atoms with Crippen molar-refractivity contribution in [1.29, 1.82) is 0 Å². The van der Waals surface area contributed by atoms with Gasteiger partial charge in [0.2, 0.25) is 0 Å². The van der Waals surface area contributed by atoms with E-state index in [1.54, 1.807) is 18.2 Å². The Kier molecular flexibility index (Phi) is 7.38. The van der Waals surface area contributed by atoms with Crippen LogP contribution < -0.4 is 10.1 Å². The van der Waals surface area contributed by atoms with Crippen LogP contribution in [-0.4, -0.2) is 24.4 Å². The highest BCUT2D eigenvalue weighted by atomic mass is 35.5. The van der Waals surface area contributed by atoms with Gasteiger partial charge in [0.1, 0.15) is 18.5 Å². The zero-order chi connectivity index (χ0) is 17.5. The van der Waals surface area contributed by atoms with Gasteiger partial charge in [0.05, 0.1) is 5.02 Å². The van der Waals surface area contributed by atoms with Crippen molar-refractivity contribution in [1.82, 2.24) is 5.32 Å². The first kappa shape index (κ1) is 19.1. The van der Waals surface area contributed by atoms with Crippen LogP contribution in [0.1, 0.15) is 31.0 Å².